The average Bonchev–Trinajstić information content (AvgIpc) is 3.31. The number of aliphatic hydroxyl groups is 1. The molecule has 0 saturated carbocycles. The van der Waals surface area contributed by atoms with Gasteiger partial charge < -0.3 is 20.2 Å². The molecule has 2 amide bonds. The number of benzene rings is 1. The van der Waals surface area contributed by atoms with Crippen LogP contribution in [0, 0.1) is 11.3 Å². The third-order valence-electron chi connectivity index (χ3n) is 6.44. The fraction of sp³-hybridized carbons (Fsp3) is 0.478. The van der Waals surface area contributed by atoms with Gasteiger partial charge in [-0.05, 0) is 43.5 Å². The predicted molar refractivity (Wildman–Crippen MR) is 124 cm³/mol. The van der Waals surface area contributed by atoms with Gasteiger partial charge in [-0.25, -0.2) is 0 Å². The molecule has 4 rings (SSSR count). The van der Waals surface area contributed by atoms with Crippen molar-refractivity contribution < 1.29 is 14.7 Å². The minimum Gasteiger partial charge on any atom is -0.390 e. The summed E-state index contributed by atoms with van der Waals surface area (Å²) >= 11 is 1.53. The highest BCUT2D eigenvalue weighted by atomic mass is 32.2. The second kappa shape index (κ2) is 9.35. The zero-order valence-electron chi connectivity index (χ0n) is 18.1. The highest BCUT2D eigenvalue weighted by molar-refractivity contribution is 7.99. The van der Waals surface area contributed by atoms with Crippen molar-refractivity contribution in [1.82, 2.24) is 15.2 Å². The first-order chi connectivity index (χ1) is 15.4. The molecule has 168 valence electrons. The lowest BCUT2D eigenvalue weighted by Crippen LogP contribution is -2.44. The molecule has 3 heterocycles. The molecule has 0 aliphatic carbocycles. The molecule has 2 aliphatic rings. The Labute approximate surface area is 191 Å². The van der Waals surface area contributed by atoms with E-state index in [1.54, 1.807) is 12.3 Å². The molecule has 8 nitrogen and oxygen atoms in total. The molecule has 1 aromatic carbocycles. The summed E-state index contributed by atoms with van der Waals surface area (Å²) in [5.74, 6) is 0.463. The minimum absolute atomic E-state index is 0.150. The number of amides is 2. The van der Waals surface area contributed by atoms with Crippen molar-refractivity contribution >= 4 is 40.2 Å². The number of pyridine rings is 1. The van der Waals surface area contributed by atoms with Gasteiger partial charge in [0.15, 0.2) is 0 Å². The van der Waals surface area contributed by atoms with Gasteiger partial charge in [0.25, 0.3) is 5.91 Å². The molecule has 2 saturated heterocycles. The van der Waals surface area contributed by atoms with Crippen molar-refractivity contribution in [2.75, 3.05) is 36.2 Å². The molecular formula is C23H27N5O3S. The van der Waals surface area contributed by atoms with Crippen molar-refractivity contribution in [3.63, 3.8) is 0 Å². The van der Waals surface area contributed by atoms with Crippen LogP contribution in [0.3, 0.4) is 0 Å². The van der Waals surface area contributed by atoms with E-state index in [9.17, 15) is 14.7 Å². The lowest BCUT2D eigenvalue weighted by Gasteiger charge is -2.39. The third kappa shape index (κ3) is 4.52. The van der Waals surface area contributed by atoms with Crippen molar-refractivity contribution in [3.05, 3.63) is 36.0 Å². The standard InChI is InChI=1S/C23H27N5O3S/c1-2-23(31)6-9-27(10-7-23)16-3-4-20-19(11-16)18(5-8-25-20)22(30)26-13-21(29)28-15-32-14-17(28)12-24/h3-5,8,11,17,31H,2,6-7,9-10,13-15H2,1H3,(H,26,30). The number of nitrogens with zero attached hydrogens (tertiary/aromatic N) is 4. The molecule has 2 aliphatic heterocycles. The normalized spacial score (nSPS) is 20.2. The molecule has 0 bridgehead atoms. The molecule has 1 atom stereocenters. The Morgan fingerprint density at radius 2 is 2.12 bits per heavy atom. The molecule has 2 aromatic rings. The zero-order valence-corrected chi connectivity index (χ0v) is 18.9. The number of piperidine rings is 1. The Balaban J connectivity index is 1.49. The first-order valence-electron chi connectivity index (χ1n) is 10.9. The first kappa shape index (κ1) is 22.4. The van der Waals surface area contributed by atoms with E-state index < -0.39 is 11.6 Å². The number of carbonyl (C=O) groups is 2. The number of rotatable bonds is 5. The first-order valence-corrected chi connectivity index (χ1v) is 12.0. The fourth-order valence-corrected chi connectivity index (χ4v) is 5.32. The van der Waals surface area contributed by atoms with Crippen LogP contribution in [0.15, 0.2) is 30.5 Å². The number of hydrogen-bond acceptors (Lipinski definition) is 7. The molecular weight excluding hydrogens is 426 g/mol. The summed E-state index contributed by atoms with van der Waals surface area (Å²) < 4.78 is 0. The molecule has 2 fully saturated rings. The Bertz CT molecular complexity index is 1060. The highest BCUT2D eigenvalue weighted by Gasteiger charge is 2.31. The maximum atomic E-state index is 12.9. The number of anilines is 1. The topological polar surface area (TPSA) is 110 Å². The van der Waals surface area contributed by atoms with Crippen LogP contribution >= 0.6 is 11.8 Å². The summed E-state index contributed by atoms with van der Waals surface area (Å²) in [7, 11) is 0. The molecule has 0 radical (unpaired) electrons. The van der Waals surface area contributed by atoms with Gasteiger partial charge >= 0.3 is 0 Å². The summed E-state index contributed by atoms with van der Waals surface area (Å²) in [6, 6.07) is 9.18. The number of nitrogens with one attached hydrogen (secondary N) is 1. The maximum Gasteiger partial charge on any atom is 0.252 e. The van der Waals surface area contributed by atoms with Gasteiger partial charge in [0.05, 0.1) is 35.2 Å². The van der Waals surface area contributed by atoms with Crippen molar-refractivity contribution in [3.8, 4) is 6.07 Å². The fourth-order valence-electron chi connectivity index (χ4n) is 4.21. The number of fused-ring (bicyclic) bond motifs is 1. The van der Waals surface area contributed by atoms with E-state index >= 15 is 0 Å². The van der Waals surface area contributed by atoms with E-state index in [4.69, 9.17) is 5.26 Å². The van der Waals surface area contributed by atoms with E-state index in [0.29, 0.717) is 35.6 Å². The van der Waals surface area contributed by atoms with Gasteiger partial charge in [0.2, 0.25) is 5.91 Å². The number of thioether (sulfide) groups is 1. The van der Waals surface area contributed by atoms with Crippen LogP contribution in [-0.4, -0.2) is 69.7 Å². The summed E-state index contributed by atoms with van der Waals surface area (Å²) in [6.07, 6.45) is 3.76. The lowest BCUT2D eigenvalue weighted by atomic mass is 9.89. The lowest BCUT2D eigenvalue weighted by molar-refractivity contribution is -0.129. The Morgan fingerprint density at radius 3 is 2.84 bits per heavy atom. The summed E-state index contributed by atoms with van der Waals surface area (Å²) in [6.45, 7) is 3.36. The van der Waals surface area contributed by atoms with Crippen LogP contribution in [0.25, 0.3) is 10.9 Å². The Kier molecular flexibility index (Phi) is 6.53. The molecule has 1 aromatic heterocycles. The molecule has 0 spiro atoms. The number of carbonyl (C=O) groups excluding carboxylic acids is 2. The van der Waals surface area contributed by atoms with E-state index in [1.165, 1.54) is 16.7 Å². The molecule has 9 heteroatoms. The Morgan fingerprint density at radius 1 is 1.34 bits per heavy atom. The van der Waals surface area contributed by atoms with Gasteiger partial charge in [-0.1, -0.05) is 6.92 Å². The summed E-state index contributed by atoms with van der Waals surface area (Å²) in [4.78, 5) is 33.5. The molecule has 2 N–H and O–H groups in total. The SMILES string of the molecule is CCC1(O)CCN(c2ccc3nccc(C(=O)NCC(=O)N4CSCC4C#N)c3c2)CC1. The number of aromatic nitrogens is 1. The summed E-state index contributed by atoms with van der Waals surface area (Å²) in [5, 5.41) is 23.1. The monoisotopic (exact) mass is 453 g/mol. The quantitative estimate of drug-likeness (QED) is 0.714. The van der Waals surface area contributed by atoms with Crippen LogP contribution in [-0.2, 0) is 4.79 Å². The van der Waals surface area contributed by atoms with Crippen LogP contribution in [0.5, 0.6) is 0 Å². The highest BCUT2D eigenvalue weighted by Crippen LogP contribution is 2.30. The summed E-state index contributed by atoms with van der Waals surface area (Å²) in [5.41, 5.74) is 1.56. The Hall–Kier alpha value is -2.83. The van der Waals surface area contributed by atoms with Gasteiger partial charge in [0.1, 0.15) is 6.04 Å². The minimum atomic E-state index is -0.592. The number of hydrogen-bond donors (Lipinski definition) is 2. The van der Waals surface area contributed by atoms with Crippen LogP contribution in [0.4, 0.5) is 5.69 Å². The van der Waals surface area contributed by atoms with Crippen LogP contribution in [0.1, 0.15) is 36.5 Å². The van der Waals surface area contributed by atoms with E-state index in [2.05, 4.69) is 21.3 Å². The molecule has 1 unspecified atom stereocenters. The van der Waals surface area contributed by atoms with Crippen LogP contribution < -0.4 is 10.2 Å². The van der Waals surface area contributed by atoms with Crippen LogP contribution in [0.2, 0.25) is 0 Å². The largest absolute Gasteiger partial charge is 0.390 e. The van der Waals surface area contributed by atoms with Crippen molar-refractivity contribution in [2.45, 2.75) is 37.8 Å². The molecule has 32 heavy (non-hydrogen) atoms. The third-order valence-corrected chi connectivity index (χ3v) is 7.45. The second-order valence-electron chi connectivity index (χ2n) is 8.32. The van der Waals surface area contributed by atoms with Gasteiger partial charge in [-0.3, -0.25) is 14.6 Å². The maximum absolute atomic E-state index is 12.9. The van der Waals surface area contributed by atoms with Gasteiger partial charge in [-0.15, -0.1) is 11.8 Å². The van der Waals surface area contributed by atoms with Gasteiger partial charge in [-0.2, -0.15) is 5.26 Å². The van der Waals surface area contributed by atoms with Crippen molar-refractivity contribution in [2.24, 2.45) is 0 Å². The average molecular weight is 454 g/mol. The van der Waals surface area contributed by atoms with E-state index in [0.717, 1.165) is 30.6 Å². The smallest absolute Gasteiger partial charge is 0.252 e. The van der Waals surface area contributed by atoms with E-state index in [-0.39, 0.29) is 18.4 Å². The van der Waals surface area contributed by atoms with Crippen molar-refractivity contribution in [1.29, 1.82) is 5.26 Å². The predicted octanol–water partition coefficient (Wildman–Crippen LogP) is 2.13. The van der Waals surface area contributed by atoms with E-state index in [1.807, 2.05) is 25.1 Å². The number of nitriles is 1. The van der Waals surface area contributed by atoms with Gasteiger partial charge in [0, 0.05) is 36.1 Å². The zero-order chi connectivity index (χ0) is 22.7. The second-order valence-corrected chi connectivity index (χ2v) is 9.32.